The van der Waals surface area contributed by atoms with E-state index >= 15 is 0 Å². The summed E-state index contributed by atoms with van der Waals surface area (Å²) in [4.78, 5) is 10.9. The average molecular weight is 259 g/mol. The van der Waals surface area contributed by atoms with Crippen LogP contribution >= 0.6 is 23.2 Å². The molecule has 0 N–H and O–H groups in total. The molecule has 0 aliphatic heterocycles. The number of halogens is 2. The number of hydrogen-bond donors (Lipinski definition) is 0. The van der Waals surface area contributed by atoms with E-state index in [1.54, 1.807) is 19.3 Å². The Morgan fingerprint density at radius 2 is 2.06 bits per heavy atom. The van der Waals surface area contributed by atoms with Crippen LogP contribution in [0.3, 0.4) is 0 Å². The third kappa shape index (κ3) is 2.77. The summed E-state index contributed by atoms with van der Waals surface area (Å²) in [5.41, 5.74) is 1.44. The van der Waals surface area contributed by atoms with Crippen molar-refractivity contribution < 1.29 is 9.53 Å². The number of carbonyl (C=O) groups excluding carboxylic acids is 1. The Hall–Kier alpha value is -0.990. The highest BCUT2D eigenvalue weighted by Gasteiger charge is 2.11. The van der Waals surface area contributed by atoms with Crippen LogP contribution in [0.5, 0.6) is 5.75 Å². The SMILES string of the molecule is COc1cc(Cl)c(C=CC(C)=O)c(Cl)c1C. The lowest BCUT2D eigenvalue weighted by atomic mass is 10.1. The van der Waals surface area contributed by atoms with E-state index in [2.05, 4.69) is 0 Å². The smallest absolute Gasteiger partial charge is 0.152 e. The second-order valence-electron chi connectivity index (χ2n) is 3.36. The summed E-state index contributed by atoms with van der Waals surface area (Å²) in [7, 11) is 1.56. The first kappa shape index (κ1) is 13.1. The highest BCUT2D eigenvalue weighted by molar-refractivity contribution is 6.38. The van der Waals surface area contributed by atoms with E-state index in [0.29, 0.717) is 21.4 Å². The van der Waals surface area contributed by atoms with Crippen LogP contribution in [0.4, 0.5) is 0 Å². The molecule has 0 fully saturated rings. The average Bonchev–Trinajstić information content (AvgIpc) is 2.22. The van der Waals surface area contributed by atoms with Gasteiger partial charge in [-0.15, -0.1) is 0 Å². The summed E-state index contributed by atoms with van der Waals surface area (Å²) in [6.45, 7) is 3.30. The van der Waals surface area contributed by atoms with Gasteiger partial charge in [-0.25, -0.2) is 0 Å². The van der Waals surface area contributed by atoms with Gasteiger partial charge in [0.15, 0.2) is 5.78 Å². The molecule has 1 aromatic rings. The molecule has 0 bridgehead atoms. The lowest BCUT2D eigenvalue weighted by molar-refractivity contribution is -0.112. The first-order valence-corrected chi connectivity index (χ1v) is 5.44. The highest BCUT2D eigenvalue weighted by atomic mass is 35.5. The first-order valence-electron chi connectivity index (χ1n) is 4.68. The van der Waals surface area contributed by atoms with Gasteiger partial charge in [-0.2, -0.15) is 0 Å². The molecule has 0 saturated heterocycles. The number of hydrogen-bond acceptors (Lipinski definition) is 2. The van der Waals surface area contributed by atoms with Crippen molar-refractivity contribution in [3.05, 3.63) is 33.3 Å². The van der Waals surface area contributed by atoms with E-state index in [4.69, 9.17) is 27.9 Å². The van der Waals surface area contributed by atoms with Crippen molar-refractivity contribution in [2.45, 2.75) is 13.8 Å². The van der Waals surface area contributed by atoms with Crippen LogP contribution in [-0.4, -0.2) is 12.9 Å². The van der Waals surface area contributed by atoms with E-state index < -0.39 is 0 Å². The molecule has 1 aromatic carbocycles. The minimum atomic E-state index is -0.0550. The van der Waals surface area contributed by atoms with Gasteiger partial charge in [0.25, 0.3) is 0 Å². The molecule has 0 amide bonds. The molecule has 0 aliphatic rings. The molecule has 2 nitrogen and oxygen atoms in total. The van der Waals surface area contributed by atoms with Crippen molar-refractivity contribution in [1.29, 1.82) is 0 Å². The molecule has 0 spiro atoms. The van der Waals surface area contributed by atoms with E-state index in [1.807, 2.05) is 6.92 Å². The van der Waals surface area contributed by atoms with E-state index in [-0.39, 0.29) is 5.78 Å². The van der Waals surface area contributed by atoms with Gasteiger partial charge in [0.05, 0.1) is 17.2 Å². The van der Waals surface area contributed by atoms with E-state index in [1.165, 1.54) is 13.0 Å². The number of ketones is 1. The van der Waals surface area contributed by atoms with Crippen molar-refractivity contribution in [2.75, 3.05) is 7.11 Å². The second kappa shape index (κ2) is 5.37. The molecule has 4 heteroatoms. The van der Waals surface area contributed by atoms with Crippen LogP contribution in [0, 0.1) is 6.92 Å². The van der Waals surface area contributed by atoms with E-state index in [9.17, 15) is 4.79 Å². The Labute approximate surface area is 105 Å². The quantitative estimate of drug-likeness (QED) is 0.769. The zero-order valence-electron chi connectivity index (χ0n) is 9.30. The lowest BCUT2D eigenvalue weighted by Crippen LogP contribution is -1.91. The predicted octanol–water partition coefficient (Wildman–Crippen LogP) is 3.91. The molecule has 0 unspecified atom stereocenters. The fraction of sp³-hybridized carbons (Fsp3) is 0.250. The number of allylic oxidation sites excluding steroid dienone is 1. The Morgan fingerprint density at radius 3 is 2.56 bits per heavy atom. The van der Waals surface area contributed by atoms with Crippen LogP contribution < -0.4 is 4.74 Å². The van der Waals surface area contributed by atoms with Gasteiger partial charge in [-0.3, -0.25) is 4.79 Å². The van der Waals surface area contributed by atoms with Crippen molar-refractivity contribution >= 4 is 35.1 Å². The molecular weight excluding hydrogens is 247 g/mol. The molecule has 0 heterocycles. The number of rotatable bonds is 3. The Morgan fingerprint density at radius 1 is 1.44 bits per heavy atom. The maximum atomic E-state index is 10.9. The largest absolute Gasteiger partial charge is 0.496 e. The first-order chi connectivity index (χ1) is 7.47. The Balaban J connectivity index is 3.30. The molecule has 0 aliphatic carbocycles. The lowest BCUT2D eigenvalue weighted by Gasteiger charge is -2.10. The summed E-state index contributed by atoms with van der Waals surface area (Å²) in [6, 6.07) is 1.68. The maximum absolute atomic E-state index is 10.9. The van der Waals surface area contributed by atoms with Crippen molar-refractivity contribution in [3.8, 4) is 5.75 Å². The maximum Gasteiger partial charge on any atom is 0.152 e. The monoisotopic (exact) mass is 258 g/mol. The van der Waals surface area contributed by atoms with Crippen LogP contribution in [0.15, 0.2) is 12.1 Å². The molecule has 0 aromatic heterocycles. The zero-order valence-corrected chi connectivity index (χ0v) is 10.8. The summed E-state index contributed by atoms with van der Waals surface area (Å²) < 4.78 is 5.13. The third-order valence-corrected chi connectivity index (χ3v) is 2.95. The van der Waals surface area contributed by atoms with Crippen LogP contribution in [0.25, 0.3) is 6.08 Å². The normalized spacial score (nSPS) is 10.8. The molecule has 0 atom stereocenters. The molecule has 0 saturated carbocycles. The summed E-state index contributed by atoms with van der Waals surface area (Å²) in [5, 5.41) is 0.965. The van der Waals surface area contributed by atoms with Crippen molar-refractivity contribution in [2.24, 2.45) is 0 Å². The molecular formula is C12H12Cl2O2. The number of methoxy groups -OCH3 is 1. The topological polar surface area (TPSA) is 26.3 Å². The summed E-state index contributed by atoms with van der Waals surface area (Å²) in [5.74, 6) is 0.579. The standard InChI is InChI=1S/C12H12Cl2O2/c1-7(15)4-5-9-10(13)6-11(16-3)8(2)12(9)14/h4-6H,1-3H3. The van der Waals surface area contributed by atoms with Gasteiger partial charge in [-0.05, 0) is 32.1 Å². The third-order valence-electron chi connectivity index (χ3n) is 2.16. The number of carbonyl (C=O) groups is 1. The van der Waals surface area contributed by atoms with Gasteiger partial charge >= 0.3 is 0 Å². The fourth-order valence-corrected chi connectivity index (χ4v) is 1.84. The van der Waals surface area contributed by atoms with Crippen molar-refractivity contribution in [1.82, 2.24) is 0 Å². The van der Waals surface area contributed by atoms with Gasteiger partial charge < -0.3 is 4.74 Å². The summed E-state index contributed by atoms with van der Waals surface area (Å²) in [6.07, 6.45) is 3.04. The fourth-order valence-electron chi connectivity index (χ4n) is 1.28. The van der Waals surface area contributed by atoms with Crippen LogP contribution in [0.1, 0.15) is 18.1 Å². The number of ether oxygens (including phenoxy) is 1. The minimum absolute atomic E-state index is 0.0550. The number of benzene rings is 1. The molecule has 16 heavy (non-hydrogen) atoms. The second-order valence-corrected chi connectivity index (χ2v) is 4.14. The van der Waals surface area contributed by atoms with Crippen molar-refractivity contribution in [3.63, 3.8) is 0 Å². The van der Waals surface area contributed by atoms with Gasteiger partial charge in [0.1, 0.15) is 5.75 Å². The van der Waals surface area contributed by atoms with Crippen LogP contribution in [-0.2, 0) is 4.79 Å². The predicted molar refractivity (Wildman–Crippen MR) is 67.5 cm³/mol. The minimum Gasteiger partial charge on any atom is -0.496 e. The molecule has 86 valence electrons. The van der Waals surface area contributed by atoms with Gasteiger partial charge in [0, 0.05) is 11.1 Å². The summed E-state index contributed by atoms with van der Waals surface area (Å²) >= 11 is 12.2. The van der Waals surface area contributed by atoms with Gasteiger partial charge in [-0.1, -0.05) is 23.2 Å². The molecule has 1 rings (SSSR count). The molecule has 0 radical (unpaired) electrons. The van der Waals surface area contributed by atoms with E-state index in [0.717, 1.165) is 5.56 Å². The van der Waals surface area contributed by atoms with Crippen LogP contribution in [0.2, 0.25) is 10.0 Å². The highest BCUT2D eigenvalue weighted by Crippen LogP contribution is 2.35. The Kier molecular flexibility index (Phi) is 4.39. The Bertz CT molecular complexity index is 451. The van der Waals surface area contributed by atoms with Gasteiger partial charge in [0.2, 0.25) is 0 Å². The zero-order chi connectivity index (χ0) is 12.3.